The van der Waals surface area contributed by atoms with Gasteiger partial charge in [-0.2, -0.15) is 0 Å². The Kier molecular flexibility index (Phi) is 3.63. The van der Waals surface area contributed by atoms with Crippen LogP contribution in [0.25, 0.3) is 5.65 Å². The molecule has 108 valence electrons. The predicted octanol–water partition coefficient (Wildman–Crippen LogP) is 2.55. The highest BCUT2D eigenvalue weighted by Crippen LogP contribution is 2.24. The van der Waals surface area contributed by atoms with Crippen LogP contribution in [0.15, 0.2) is 36.5 Å². The molecule has 7 nitrogen and oxygen atoms in total. The first-order valence-electron chi connectivity index (χ1n) is 6.41. The van der Waals surface area contributed by atoms with Crippen LogP contribution in [0.3, 0.4) is 0 Å². The number of aromatic nitrogens is 3. The van der Waals surface area contributed by atoms with Gasteiger partial charge in [-0.3, -0.25) is 14.5 Å². The fraction of sp³-hybridized carbons (Fsp3) is 0.231. The molecular weight excluding hydrogens is 290 g/mol. The molecule has 0 amide bonds. The van der Waals surface area contributed by atoms with Crippen molar-refractivity contribution in [1.82, 2.24) is 19.9 Å². The average Bonchev–Trinajstić information content (AvgIpc) is 3.11. The third-order valence-electron chi connectivity index (χ3n) is 3.14. The van der Waals surface area contributed by atoms with Gasteiger partial charge in [-0.25, -0.2) is 0 Å². The molecule has 0 spiro atoms. The van der Waals surface area contributed by atoms with Crippen LogP contribution in [0.1, 0.15) is 23.7 Å². The van der Waals surface area contributed by atoms with Crippen molar-refractivity contribution in [2.75, 3.05) is 0 Å². The maximum atomic E-state index is 10.7. The minimum absolute atomic E-state index is 0.0106. The van der Waals surface area contributed by atoms with Crippen molar-refractivity contribution in [2.24, 2.45) is 0 Å². The summed E-state index contributed by atoms with van der Waals surface area (Å²) in [6, 6.07) is 9.02. The third kappa shape index (κ3) is 2.76. The summed E-state index contributed by atoms with van der Waals surface area (Å²) in [5.41, 5.74) is 0.799. The van der Waals surface area contributed by atoms with E-state index < -0.39 is 0 Å². The number of hydrogen-bond acceptors (Lipinski definition) is 6. The number of nitro groups is 1. The summed E-state index contributed by atoms with van der Waals surface area (Å²) in [6.07, 6.45) is 1.92. The van der Waals surface area contributed by atoms with E-state index in [1.807, 2.05) is 35.7 Å². The van der Waals surface area contributed by atoms with Crippen molar-refractivity contribution in [1.29, 1.82) is 0 Å². The molecule has 3 heterocycles. The summed E-state index contributed by atoms with van der Waals surface area (Å²) in [7, 11) is 0. The highest BCUT2D eigenvalue weighted by Gasteiger charge is 2.14. The van der Waals surface area contributed by atoms with Crippen molar-refractivity contribution in [3.05, 3.63) is 57.3 Å². The van der Waals surface area contributed by atoms with Crippen LogP contribution in [-0.4, -0.2) is 19.5 Å². The molecule has 8 heteroatoms. The Morgan fingerprint density at radius 3 is 3.00 bits per heavy atom. The van der Waals surface area contributed by atoms with E-state index in [4.69, 9.17) is 0 Å². The van der Waals surface area contributed by atoms with E-state index in [0.29, 0.717) is 6.54 Å². The fourth-order valence-electron chi connectivity index (χ4n) is 2.06. The van der Waals surface area contributed by atoms with E-state index in [1.165, 1.54) is 17.4 Å². The molecule has 3 aromatic heterocycles. The van der Waals surface area contributed by atoms with Gasteiger partial charge in [0.05, 0.1) is 11.0 Å². The minimum Gasteiger partial charge on any atom is -0.303 e. The number of fused-ring (bicyclic) bond motifs is 1. The lowest BCUT2D eigenvalue weighted by Crippen LogP contribution is -2.19. The van der Waals surface area contributed by atoms with Crippen LogP contribution in [0.4, 0.5) is 5.00 Å². The smallest absolute Gasteiger partial charge is 0.303 e. The zero-order valence-corrected chi connectivity index (χ0v) is 12.1. The maximum Gasteiger partial charge on any atom is 0.324 e. The van der Waals surface area contributed by atoms with Crippen LogP contribution in [-0.2, 0) is 6.54 Å². The summed E-state index contributed by atoms with van der Waals surface area (Å²) in [6.45, 7) is 2.55. The van der Waals surface area contributed by atoms with Gasteiger partial charge in [-0.1, -0.05) is 17.4 Å². The summed E-state index contributed by atoms with van der Waals surface area (Å²) in [5, 5.41) is 22.4. The first kappa shape index (κ1) is 13.7. The molecule has 3 rings (SSSR count). The van der Waals surface area contributed by atoms with Crippen molar-refractivity contribution in [3.8, 4) is 0 Å². The van der Waals surface area contributed by atoms with Crippen LogP contribution in [0.2, 0.25) is 0 Å². The molecule has 0 saturated heterocycles. The van der Waals surface area contributed by atoms with Gasteiger partial charge < -0.3 is 5.32 Å². The lowest BCUT2D eigenvalue weighted by molar-refractivity contribution is -0.380. The quantitative estimate of drug-likeness (QED) is 0.578. The second-order valence-electron chi connectivity index (χ2n) is 4.59. The Morgan fingerprint density at radius 2 is 2.24 bits per heavy atom. The highest BCUT2D eigenvalue weighted by molar-refractivity contribution is 7.15. The molecule has 1 N–H and O–H groups in total. The minimum atomic E-state index is -0.371. The summed E-state index contributed by atoms with van der Waals surface area (Å²) in [4.78, 5) is 11.2. The molecule has 1 atom stereocenters. The summed E-state index contributed by atoms with van der Waals surface area (Å²) >= 11 is 1.18. The first-order chi connectivity index (χ1) is 10.1. The molecule has 0 aliphatic carbocycles. The zero-order chi connectivity index (χ0) is 14.8. The summed E-state index contributed by atoms with van der Waals surface area (Å²) < 4.78 is 1.93. The lowest BCUT2D eigenvalue weighted by atomic mass is 10.3. The summed E-state index contributed by atoms with van der Waals surface area (Å²) in [5.74, 6) is 0.816. The molecular formula is C13H13N5O2S. The Labute approximate surface area is 124 Å². The van der Waals surface area contributed by atoms with E-state index in [0.717, 1.165) is 16.3 Å². The molecule has 3 aromatic rings. The average molecular weight is 303 g/mol. The molecule has 0 aliphatic rings. The molecule has 21 heavy (non-hydrogen) atoms. The van der Waals surface area contributed by atoms with Crippen LogP contribution >= 0.6 is 11.3 Å². The first-order valence-corrected chi connectivity index (χ1v) is 7.23. The Morgan fingerprint density at radius 1 is 1.38 bits per heavy atom. The van der Waals surface area contributed by atoms with Gasteiger partial charge in [0, 0.05) is 23.7 Å². The topological polar surface area (TPSA) is 85.4 Å². The SMILES string of the molecule is CC(NCc1ccc([N+](=O)[O-])s1)c1nnc2ccccn12. The van der Waals surface area contributed by atoms with E-state index in [-0.39, 0.29) is 16.0 Å². The zero-order valence-electron chi connectivity index (χ0n) is 11.3. The van der Waals surface area contributed by atoms with Gasteiger partial charge in [0.1, 0.15) is 0 Å². The normalized spacial score (nSPS) is 12.6. The van der Waals surface area contributed by atoms with E-state index in [1.54, 1.807) is 6.07 Å². The van der Waals surface area contributed by atoms with Gasteiger partial charge >= 0.3 is 5.00 Å². The molecule has 0 aliphatic heterocycles. The van der Waals surface area contributed by atoms with Gasteiger partial charge in [0.2, 0.25) is 0 Å². The number of nitrogens with one attached hydrogen (secondary N) is 1. The molecule has 1 unspecified atom stereocenters. The van der Waals surface area contributed by atoms with Crippen LogP contribution < -0.4 is 5.32 Å². The van der Waals surface area contributed by atoms with Crippen LogP contribution in [0, 0.1) is 10.1 Å². The second-order valence-corrected chi connectivity index (χ2v) is 5.73. The number of thiophene rings is 1. The fourth-order valence-corrected chi connectivity index (χ4v) is 2.83. The predicted molar refractivity (Wildman–Crippen MR) is 79.2 cm³/mol. The lowest BCUT2D eigenvalue weighted by Gasteiger charge is -2.11. The van der Waals surface area contributed by atoms with Crippen LogP contribution in [0.5, 0.6) is 0 Å². The monoisotopic (exact) mass is 303 g/mol. The Balaban J connectivity index is 1.71. The van der Waals surface area contributed by atoms with E-state index in [2.05, 4.69) is 15.5 Å². The standard InChI is InChI=1S/C13H13N5O2S/c1-9(13-16-15-11-4-2-3-7-17(11)13)14-8-10-5-6-12(21-10)18(19)20/h2-7,9,14H,8H2,1H3. The molecule has 0 bridgehead atoms. The number of pyridine rings is 1. The number of hydrogen-bond donors (Lipinski definition) is 1. The highest BCUT2D eigenvalue weighted by atomic mass is 32.1. The Hall–Kier alpha value is -2.32. The van der Waals surface area contributed by atoms with E-state index >= 15 is 0 Å². The number of nitrogens with zero attached hydrogens (tertiary/aromatic N) is 4. The van der Waals surface area contributed by atoms with Gasteiger partial charge in [0.25, 0.3) is 0 Å². The molecule has 0 fully saturated rings. The largest absolute Gasteiger partial charge is 0.324 e. The third-order valence-corrected chi connectivity index (χ3v) is 4.17. The van der Waals surface area contributed by atoms with E-state index in [9.17, 15) is 10.1 Å². The van der Waals surface area contributed by atoms with Crippen molar-refractivity contribution in [2.45, 2.75) is 19.5 Å². The molecule has 0 saturated carbocycles. The van der Waals surface area contributed by atoms with Gasteiger partial charge in [-0.15, -0.1) is 10.2 Å². The van der Waals surface area contributed by atoms with Crippen molar-refractivity contribution >= 4 is 22.0 Å². The number of rotatable bonds is 5. The Bertz CT molecular complexity index is 782. The second kappa shape index (κ2) is 5.58. The van der Waals surface area contributed by atoms with Gasteiger partial charge in [-0.05, 0) is 25.1 Å². The van der Waals surface area contributed by atoms with Crippen molar-refractivity contribution < 1.29 is 4.92 Å². The molecule has 0 aromatic carbocycles. The maximum absolute atomic E-state index is 10.7. The molecule has 0 radical (unpaired) electrons. The van der Waals surface area contributed by atoms with Gasteiger partial charge in [0.15, 0.2) is 11.5 Å². The van der Waals surface area contributed by atoms with Crippen molar-refractivity contribution in [3.63, 3.8) is 0 Å².